The Kier molecular flexibility index (Phi) is 10.6. The van der Waals surface area contributed by atoms with Gasteiger partial charge in [-0.25, -0.2) is 0 Å². The number of aryl methyl sites for hydroxylation is 2. The summed E-state index contributed by atoms with van der Waals surface area (Å²) in [5.74, 6) is 1.82. The molecule has 296 valence electrons. The van der Waals surface area contributed by atoms with E-state index in [0.29, 0.717) is 17.2 Å². The molecule has 0 saturated heterocycles. The van der Waals surface area contributed by atoms with Crippen LogP contribution in [-0.2, 0) is 0 Å². The standard InChI is InChI=1S/C26H20N2.3C9H7NO.Al/c1-17-15-23(19-9-5-3-6-10-19)21-13-14-22-24(20-11-7-4-8-12-20)16-18(2)28-26(22)25(21)27-17;3*11-8-5-1-3-7-4-2-6-10-9(7)8;/h3-16H,1-2H3;3*1-6,11H;/q;;;;+3/p-3. The van der Waals surface area contributed by atoms with Crippen molar-refractivity contribution >= 4 is 69.7 Å². The molecule has 0 radical (unpaired) electrons. The minimum Gasteiger partial charge on any atom is -0.576 e. The summed E-state index contributed by atoms with van der Waals surface area (Å²) in [6.07, 6.45) is 5.24. The van der Waals surface area contributed by atoms with Crippen LogP contribution >= 0.6 is 0 Å². The summed E-state index contributed by atoms with van der Waals surface area (Å²) < 4.78 is 19.2. The number of hydrogen-bond donors (Lipinski definition) is 0. The van der Waals surface area contributed by atoms with Crippen LogP contribution in [0.5, 0.6) is 17.2 Å². The van der Waals surface area contributed by atoms with Crippen LogP contribution in [0.15, 0.2) is 195 Å². The predicted molar refractivity (Wildman–Crippen MR) is 250 cm³/mol. The highest BCUT2D eigenvalue weighted by atomic mass is 27.3. The van der Waals surface area contributed by atoms with Gasteiger partial charge in [-0.2, -0.15) is 0 Å². The second-order valence-corrected chi connectivity index (χ2v) is 16.1. The minimum absolute atomic E-state index is 0.608. The van der Waals surface area contributed by atoms with Gasteiger partial charge in [0, 0.05) is 56.9 Å². The molecular weight excluding hydrogens is 782 g/mol. The lowest BCUT2D eigenvalue weighted by atomic mass is 9.95. The third kappa shape index (κ3) is 7.86. The van der Waals surface area contributed by atoms with Crippen molar-refractivity contribution in [1.82, 2.24) is 24.9 Å². The molecule has 0 N–H and O–H groups in total. The number of pyridine rings is 5. The average Bonchev–Trinajstić information content (AvgIpc) is 3.32. The number of benzene rings is 6. The monoisotopic (exact) mass is 819 g/mol. The second-order valence-electron chi connectivity index (χ2n) is 14.8. The molecule has 62 heavy (non-hydrogen) atoms. The smallest absolute Gasteiger partial charge is 0.576 e. The van der Waals surface area contributed by atoms with E-state index in [1.807, 2.05) is 103 Å². The molecule has 0 bridgehead atoms. The summed E-state index contributed by atoms with van der Waals surface area (Å²) in [7, 11) is 0. The molecule has 5 heterocycles. The van der Waals surface area contributed by atoms with E-state index in [9.17, 15) is 0 Å². The van der Waals surface area contributed by atoms with E-state index in [1.54, 1.807) is 18.6 Å². The maximum Gasteiger partial charge on any atom is 1.20 e. The molecule has 0 amide bonds. The number of hydrogen-bond acceptors (Lipinski definition) is 8. The van der Waals surface area contributed by atoms with Gasteiger partial charge in [-0.05, 0) is 84.6 Å². The average molecular weight is 820 g/mol. The first kappa shape index (κ1) is 38.5. The molecule has 0 saturated carbocycles. The van der Waals surface area contributed by atoms with E-state index >= 15 is 0 Å². The summed E-state index contributed by atoms with van der Waals surface area (Å²) >= 11 is -2.86. The van der Waals surface area contributed by atoms with Crippen LogP contribution in [-0.4, -0.2) is 40.1 Å². The molecule has 0 aliphatic carbocycles. The lowest BCUT2D eigenvalue weighted by Crippen LogP contribution is -2.37. The van der Waals surface area contributed by atoms with Crippen LogP contribution in [0.2, 0.25) is 0 Å². The maximum absolute atomic E-state index is 6.41. The van der Waals surface area contributed by atoms with Gasteiger partial charge in [-0.15, -0.1) is 0 Å². The van der Waals surface area contributed by atoms with Gasteiger partial charge in [0.2, 0.25) is 0 Å². The molecular formula is C53H38AlN5O3. The van der Waals surface area contributed by atoms with Crippen LogP contribution in [0.4, 0.5) is 0 Å². The number of rotatable bonds is 8. The predicted octanol–water partition coefficient (Wildman–Crippen LogP) is 12.6. The first-order chi connectivity index (χ1) is 30.6. The van der Waals surface area contributed by atoms with Crippen LogP contribution in [0.3, 0.4) is 0 Å². The normalized spacial score (nSPS) is 11.1. The molecule has 0 fully saturated rings. The van der Waals surface area contributed by atoms with Gasteiger partial charge in [0.05, 0.1) is 11.0 Å². The zero-order chi connectivity index (χ0) is 41.8. The van der Waals surface area contributed by atoms with Crippen molar-refractivity contribution in [2.45, 2.75) is 13.8 Å². The summed E-state index contributed by atoms with van der Waals surface area (Å²) in [6, 6.07) is 58.8. The maximum atomic E-state index is 6.41. The number of aromatic nitrogens is 5. The molecule has 9 heteroatoms. The fourth-order valence-corrected chi connectivity index (χ4v) is 9.18. The topological polar surface area (TPSA) is 92.1 Å². The highest BCUT2D eigenvalue weighted by molar-refractivity contribution is 6.40. The Bertz CT molecular complexity index is 3080. The Morgan fingerprint density at radius 2 is 0.710 bits per heavy atom. The number of para-hydroxylation sites is 3. The van der Waals surface area contributed by atoms with Crippen LogP contribution in [0.25, 0.3) is 76.8 Å². The first-order valence-electron chi connectivity index (χ1n) is 20.4. The summed E-state index contributed by atoms with van der Waals surface area (Å²) in [5, 5.41) is 5.21. The van der Waals surface area contributed by atoms with Crippen molar-refractivity contribution < 1.29 is 11.4 Å². The van der Waals surface area contributed by atoms with Crippen LogP contribution in [0.1, 0.15) is 11.4 Å². The zero-order valence-electron chi connectivity index (χ0n) is 34.0. The highest BCUT2D eigenvalue weighted by Crippen LogP contribution is 2.36. The summed E-state index contributed by atoms with van der Waals surface area (Å²) in [6.45, 7) is 4.11. The lowest BCUT2D eigenvalue weighted by Gasteiger charge is -2.18. The Morgan fingerprint density at radius 3 is 1.08 bits per heavy atom. The SMILES string of the molecule is Cc1cc(-c2ccccc2)c2ccc3c(-c4ccccc4)cc(C)nc3c2n1.c1cnc2c([O][Al]([O]c3cccc4cccnc34)[O]c3cccc4cccnc34)cccc2c1. The van der Waals surface area contributed by atoms with Gasteiger partial charge in [-0.1, -0.05) is 127 Å². The third-order valence-corrected chi connectivity index (χ3v) is 12.0. The highest BCUT2D eigenvalue weighted by Gasteiger charge is 2.46. The van der Waals surface area contributed by atoms with E-state index in [-0.39, 0.29) is 0 Å². The zero-order valence-corrected chi connectivity index (χ0v) is 35.2. The van der Waals surface area contributed by atoms with E-state index in [4.69, 9.17) is 21.3 Å². The Balaban J connectivity index is 0.000000151. The van der Waals surface area contributed by atoms with Crippen molar-refractivity contribution in [2.24, 2.45) is 0 Å². The van der Waals surface area contributed by atoms with Crippen LogP contribution in [0, 0.1) is 13.8 Å². The molecule has 8 nitrogen and oxygen atoms in total. The van der Waals surface area contributed by atoms with Gasteiger partial charge in [0.15, 0.2) is 0 Å². The van der Waals surface area contributed by atoms with E-state index in [2.05, 4.69) is 102 Å². The van der Waals surface area contributed by atoms with Gasteiger partial charge in [0.1, 0.15) is 33.8 Å². The first-order valence-corrected chi connectivity index (χ1v) is 21.8. The molecule has 0 atom stereocenters. The summed E-state index contributed by atoms with van der Waals surface area (Å²) in [4.78, 5) is 23.3. The van der Waals surface area contributed by atoms with Crippen molar-refractivity contribution in [3.63, 3.8) is 0 Å². The Hall–Kier alpha value is -7.70. The molecule has 5 aromatic heterocycles. The molecule has 11 rings (SSSR count). The molecule has 0 unspecified atom stereocenters. The molecule has 0 aliphatic rings. The van der Waals surface area contributed by atoms with Gasteiger partial charge >= 0.3 is 15.1 Å². The number of nitrogens with zero attached hydrogens (tertiary/aromatic N) is 5. The minimum atomic E-state index is -2.86. The molecule has 11 aromatic rings. The van der Waals surface area contributed by atoms with Crippen molar-refractivity contribution in [3.8, 4) is 39.5 Å². The van der Waals surface area contributed by atoms with E-state index < -0.39 is 15.1 Å². The van der Waals surface area contributed by atoms with E-state index in [0.717, 1.165) is 65.9 Å². The Morgan fingerprint density at radius 1 is 0.355 bits per heavy atom. The van der Waals surface area contributed by atoms with Gasteiger partial charge < -0.3 is 11.4 Å². The molecule has 6 aromatic carbocycles. The van der Waals surface area contributed by atoms with Gasteiger partial charge in [0.25, 0.3) is 0 Å². The van der Waals surface area contributed by atoms with Crippen molar-refractivity contribution in [1.29, 1.82) is 0 Å². The van der Waals surface area contributed by atoms with Crippen LogP contribution < -0.4 is 11.4 Å². The fraction of sp³-hybridized carbons (Fsp3) is 0.0377. The lowest BCUT2D eigenvalue weighted by molar-refractivity contribution is 0.311. The third-order valence-electron chi connectivity index (χ3n) is 10.6. The quantitative estimate of drug-likeness (QED) is 0.111. The van der Waals surface area contributed by atoms with Gasteiger partial charge in [-0.3, -0.25) is 24.9 Å². The number of fused-ring (bicyclic) bond motifs is 6. The Labute approximate surface area is 363 Å². The summed E-state index contributed by atoms with van der Waals surface area (Å²) in [5.41, 5.74) is 11.0. The van der Waals surface area contributed by atoms with E-state index in [1.165, 1.54) is 22.3 Å². The molecule has 0 spiro atoms. The molecule has 0 aliphatic heterocycles. The fourth-order valence-electron chi connectivity index (χ4n) is 7.84. The van der Waals surface area contributed by atoms with Crippen molar-refractivity contribution in [2.75, 3.05) is 0 Å². The largest absolute Gasteiger partial charge is 1.20 e. The van der Waals surface area contributed by atoms with Crippen molar-refractivity contribution in [3.05, 3.63) is 206 Å². The second kappa shape index (κ2) is 17.1.